The maximum atomic E-state index is 12.6. The SMILES string of the molecule is O=C(Nc1cccc(-n2cccn2)c1)[C@@H]1CC(=O)N(Cc2ccccc2)C1. The first-order chi connectivity index (χ1) is 13.2. The number of carbonyl (C=O) groups is 2. The summed E-state index contributed by atoms with van der Waals surface area (Å²) in [6, 6.07) is 19.2. The minimum atomic E-state index is -0.338. The number of amides is 2. The minimum Gasteiger partial charge on any atom is -0.338 e. The van der Waals surface area contributed by atoms with Gasteiger partial charge in [0.15, 0.2) is 0 Å². The van der Waals surface area contributed by atoms with E-state index < -0.39 is 0 Å². The lowest BCUT2D eigenvalue weighted by atomic mass is 10.1. The number of carbonyl (C=O) groups excluding carboxylic acids is 2. The molecule has 6 heteroatoms. The highest BCUT2D eigenvalue weighted by Gasteiger charge is 2.34. The highest BCUT2D eigenvalue weighted by Crippen LogP contribution is 2.22. The predicted molar refractivity (Wildman–Crippen MR) is 102 cm³/mol. The lowest BCUT2D eigenvalue weighted by Gasteiger charge is -2.16. The smallest absolute Gasteiger partial charge is 0.229 e. The molecular formula is C21H20N4O2. The molecule has 1 saturated heterocycles. The number of nitrogens with zero attached hydrogens (tertiary/aromatic N) is 3. The third kappa shape index (κ3) is 3.89. The van der Waals surface area contributed by atoms with E-state index in [-0.39, 0.29) is 24.2 Å². The van der Waals surface area contributed by atoms with Crippen molar-refractivity contribution >= 4 is 17.5 Å². The van der Waals surface area contributed by atoms with E-state index in [1.54, 1.807) is 15.8 Å². The highest BCUT2D eigenvalue weighted by molar-refractivity contribution is 5.97. The van der Waals surface area contributed by atoms with Crippen molar-refractivity contribution in [3.8, 4) is 5.69 Å². The van der Waals surface area contributed by atoms with Crippen LogP contribution in [0.25, 0.3) is 5.69 Å². The zero-order valence-corrected chi connectivity index (χ0v) is 14.8. The molecule has 1 N–H and O–H groups in total. The normalized spacial score (nSPS) is 16.5. The van der Waals surface area contributed by atoms with Crippen LogP contribution in [0.4, 0.5) is 5.69 Å². The Hall–Kier alpha value is -3.41. The number of hydrogen-bond donors (Lipinski definition) is 1. The second-order valence-electron chi connectivity index (χ2n) is 6.65. The van der Waals surface area contributed by atoms with Crippen molar-refractivity contribution in [3.63, 3.8) is 0 Å². The van der Waals surface area contributed by atoms with Gasteiger partial charge in [-0.15, -0.1) is 0 Å². The van der Waals surface area contributed by atoms with E-state index >= 15 is 0 Å². The molecule has 2 amide bonds. The molecule has 136 valence electrons. The number of nitrogens with one attached hydrogen (secondary N) is 1. The summed E-state index contributed by atoms with van der Waals surface area (Å²) in [5, 5.41) is 7.13. The number of likely N-dealkylation sites (tertiary alicyclic amines) is 1. The van der Waals surface area contributed by atoms with E-state index in [9.17, 15) is 9.59 Å². The third-order valence-corrected chi connectivity index (χ3v) is 4.68. The van der Waals surface area contributed by atoms with E-state index in [1.165, 1.54) is 0 Å². The van der Waals surface area contributed by atoms with Crippen molar-refractivity contribution in [3.05, 3.63) is 78.6 Å². The van der Waals surface area contributed by atoms with Gasteiger partial charge in [-0.1, -0.05) is 36.4 Å². The monoisotopic (exact) mass is 360 g/mol. The predicted octanol–water partition coefficient (Wildman–Crippen LogP) is 2.86. The molecule has 4 rings (SSSR count). The first-order valence-electron chi connectivity index (χ1n) is 8.92. The molecule has 27 heavy (non-hydrogen) atoms. The van der Waals surface area contributed by atoms with Gasteiger partial charge in [-0.25, -0.2) is 4.68 Å². The molecule has 1 fully saturated rings. The average Bonchev–Trinajstić information content (AvgIpc) is 3.34. The second-order valence-corrected chi connectivity index (χ2v) is 6.65. The number of rotatable bonds is 5. The van der Waals surface area contributed by atoms with Crippen LogP contribution in [0, 0.1) is 5.92 Å². The van der Waals surface area contributed by atoms with E-state index in [0.717, 1.165) is 11.3 Å². The van der Waals surface area contributed by atoms with Gasteiger partial charge >= 0.3 is 0 Å². The van der Waals surface area contributed by atoms with E-state index in [4.69, 9.17) is 0 Å². The van der Waals surface area contributed by atoms with Crippen molar-refractivity contribution in [2.24, 2.45) is 5.92 Å². The third-order valence-electron chi connectivity index (χ3n) is 4.68. The molecule has 0 radical (unpaired) electrons. The zero-order chi connectivity index (χ0) is 18.6. The summed E-state index contributed by atoms with van der Waals surface area (Å²) < 4.78 is 1.73. The van der Waals surface area contributed by atoms with Crippen molar-refractivity contribution in [2.75, 3.05) is 11.9 Å². The Morgan fingerprint density at radius 2 is 1.96 bits per heavy atom. The maximum absolute atomic E-state index is 12.6. The van der Waals surface area contributed by atoms with Gasteiger partial charge in [0.25, 0.3) is 0 Å². The largest absolute Gasteiger partial charge is 0.338 e. The van der Waals surface area contributed by atoms with Crippen LogP contribution in [-0.2, 0) is 16.1 Å². The van der Waals surface area contributed by atoms with Gasteiger partial charge in [-0.3, -0.25) is 9.59 Å². The molecule has 0 bridgehead atoms. The molecule has 1 atom stereocenters. The number of aromatic nitrogens is 2. The molecule has 0 saturated carbocycles. The average molecular weight is 360 g/mol. The maximum Gasteiger partial charge on any atom is 0.229 e. The van der Waals surface area contributed by atoms with Gasteiger partial charge < -0.3 is 10.2 Å². The summed E-state index contributed by atoms with van der Waals surface area (Å²) in [7, 11) is 0. The minimum absolute atomic E-state index is 0.0179. The Bertz CT molecular complexity index is 938. The Morgan fingerprint density at radius 1 is 1.11 bits per heavy atom. The lowest BCUT2D eigenvalue weighted by molar-refractivity contribution is -0.128. The van der Waals surface area contributed by atoms with Crippen LogP contribution < -0.4 is 5.32 Å². The van der Waals surface area contributed by atoms with E-state index in [0.29, 0.717) is 18.8 Å². The Morgan fingerprint density at radius 3 is 2.74 bits per heavy atom. The molecule has 0 aliphatic carbocycles. The quantitative estimate of drug-likeness (QED) is 0.761. The molecule has 0 spiro atoms. The molecule has 1 aliphatic rings. The van der Waals surface area contributed by atoms with Crippen LogP contribution in [0.5, 0.6) is 0 Å². The fourth-order valence-electron chi connectivity index (χ4n) is 3.30. The van der Waals surface area contributed by atoms with Gasteiger partial charge in [0.1, 0.15) is 0 Å². The molecule has 6 nitrogen and oxygen atoms in total. The molecule has 2 aromatic carbocycles. The topological polar surface area (TPSA) is 67.2 Å². The van der Waals surface area contributed by atoms with Gasteiger partial charge in [0, 0.05) is 37.6 Å². The summed E-state index contributed by atoms with van der Waals surface area (Å²) in [4.78, 5) is 26.7. The molecule has 1 aromatic heterocycles. The van der Waals surface area contributed by atoms with Gasteiger partial charge in [0.2, 0.25) is 11.8 Å². The summed E-state index contributed by atoms with van der Waals surface area (Å²) in [5.74, 6) is -0.449. The lowest BCUT2D eigenvalue weighted by Crippen LogP contribution is -2.28. The Balaban J connectivity index is 1.40. The van der Waals surface area contributed by atoms with Crippen LogP contribution in [0.15, 0.2) is 73.1 Å². The van der Waals surface area contributed by atoms with Gasteiger partial charge in [-0.2, -0.15) is 5.10 Å². The summed E-state index contributed by atoms with van der Waals surface area (Å²) in [6.45, 7) is 0.983. The van der Waals surface area contributed by atoms with Gasteiger partial charge in [-0.05, 0) is 29.8 Å². The van der Waals surface area contributed by atoms with Crippen molar-refractivity contribution in [2.45, 2.75) is 13.0 Å². The van der Waals surface area contributed by atoms with Crippen LogP contribution in [0.1, 0.15) is 12.0 Å². The summed E-state index contributed by atoms with van der Waals surface area (Å²) >= 11 is 0. The fourth-order valence-corrected chi connectivity index (χ4v) is 3.30. The van der Waals surface area contributed by atoms with E-state index in [1.807, 2.05) is 66.9 Å². The second kappa shape index (κ2) is 7.45. The molecular weight excluding hydrogens is 340 g/mol. The van der Waals surface area contributed by atoms with Crippen molar-refractivity contribution in [1.82, 2.24) is 14.7 Å². The molecule has 1 aliphatic heterocycles. The zero-order valence-electron chi connectivity index (χ0n) is 14.8. The molecule has 3 aromatic rings. The van der Waals surface area contributed by atoms with Crippen LogP contribution in [0.3, 0.4) is 0 Å². The van der Waals surface area contributed by atoms with E-state index in [2.05, 4.69) is 10.4 Å². The first-order valence-corrected chi connectivity index (χ1v) is 8.92. The summed E-state index contributed by atoms with van der Waals surface area (Å²) in [6.07, 6.45) is 3.80. The first kappa shape index (κ1) is 17.0. The Labute approximate surface area is 157 Å². The highest BCUT2D eigenvalue weighted by atomic mass is 16.2. The van der Waals surface area contributed by atoms with Crippen molar-refractivity contribution < 1.29 is 9.59 Å². The summed E-state index contributed by atoms with van der Waals surface area (Å²) in [5.41, 5.74) is 2.63. The number of anilines is 1. The van der Waals surface area contributed by atoms with Gasteiger partial charge in [0.05, 0.1) is 11.6 Å². The number of hydrogen-bond acceptors (Lipinski definition) is 3. The van der Waals surface area contributed by atoms with Crippen LogP contribution >= 0.6 is 0 Å². The molecule has 0 unspecified atom stereocenters. The fraction of sp³-hybridized carbons (Fsp3) is 0.190. The standard InChI is InChI=1S/C21H20N4O2/c26-20-12-17(15-24(20)14-16-6-2-1-3-7-16)21(27)23-18-8-4-9-19(13-18)25-11-5-10-22-25/h1-11,13,17H,12,14-15H2,(H,23,27)/t17-/m1/s1. The Kier molecular flexibility index (Phi) is 4.70. The molecule has 2 heterocycles. The number of benzene rings is 2. The van der Waals surface area contributed by atoms with Crippen molar-refractivity contribution in [1.29, 1.82) is 0 Å². The van der Waals surface area contributed by atoms with Crippen LogP contribution in [-0.4, -0.2) is 33.0 Å². The van der Waals surface area contributed by atoms with Crippen LogP contribution in [0.2, 0.25) is 0 Å².